The van der Waals surface area contributed by atoms with Crippen molar-refractivity contribution < 1.29 is 24.5 Å². The molecule has 0 aliphatic rings. The number of carbonyl (C=O) groups excluding carboxylic acids is 2. The second-order valence-electron chi connectivity index (χ2n) is 20.1. The topological polar surface area (TPSA) is 95.9 Å². The van der Waals surface area contributed by atoms with Gasteiger partial charge in [0, 0.05) is 6.42 Å². The first-order valence-corrected chi connectivity index (χ1v) is 29.6. The highest BCUT2D eigenvalue weighted by Crippen LogP contribution is 2.18. The Balaban J connectivity index is 4.62. The molecule has 1 amide bonds. The smallest absolute Gasteiger partial charge is 0.306 e. The van der Waals surface area contributed by atoms with E-state index in [-0.39, 0.29) is 24.9 Å². The number of aliphatic hydroxyl groups is 2. The van der Waals surface area contributed by atoms with Crippen LogP contribution in [0.3, 0.4) is 0 Å². The van der Waals surface area contributed by atoms with Crippen LogP contribution in [0.4, 0.5) is 0 Å². The van der Waals surface area contributed by atoms with Gasteiger partial charge in [-0.15, -0.1) is 0 Å². The number of unbranched alkanes of at least 4 members (excludes halogenated alkanes) is 34. The number of ether oxygens (including phenoxy) is 1. The summed E-state index contributed by atoms with van der Waals surface area (Å²) in [5, 5.41) is 23.9. The zero-order valence-corrected chi connectivity index (χ0v) is 45.2. The summed E-state index contributed by atoms with van der Waals surface area (Å²) in [5.74, 6) is -0.514. The van der Waals surface area contributed by atoms with Crippen LogP contribution in [-0.4, -0.2) is 46.9 Å². The summed E-state index contributed by atoms with van der Waals surface area (Å²) in [6, 6.07) is -0.719. The van der Waals surface area contributed by atoms with Crippen molar-refractivity contribution in [1.82, 2.24) is 5.32 Å². The largest absolute Gasteiger partial charge is 0.462 e. The molecule has 0 radical (unpaired) electrons. The molecule has 0 fully saturated rings. The second-order valence-corrected chi connectivity index (χ2v) is 20.1. The average Bonchev–Trinajstić information content (AvgIpc) is 3.33. The van der Waals surface area contributed by atoms with Crippen LogP contribution in [0.1, 0.15) is 297 Å². The Bertz CT molecular complexity index is 1210. The van der Waals surface area contributed by atoms with Gasteiger partial charge in [-0.3, -0.25) is 9.59 Å². The summed E-state index contributed by atoms with van der Waals surface area (Å²) >= 11 is 0. The van der Waals surface area contributed by atoms with E-state index in [1.54, 1.807) is 0 Å². The van der Waals surface area contributed by atoms with E-state index in [1.807, 2.05) is 0 Å². The predicted octanol–water partition coefficient (Wildman–Crippen LogP) is 18.4. The molecule has 0 bridgehead atoms. The maximum absolute atomic E-state index is 13.3. The van der Waals surface area contributed by atoms with Crippen molar-refractivity contribution in [2.45, 2.75) is 315 Å². The van der Waals surface area contributed by atoms with Crippen molar-refractivity contribution in [3.05, 3.63) is 60.8 Å². The molecule has 0 aliphatic carbocycles. The monoisotopic (exact) mass is 952 g/mol. The molecule has 0 saturated carbocycles. The molecule has 0 heterocycles. The zero-order chi connectivity index (χ0) is 49.5. The number of amides is 1. The number of rotatable bonds is 53. The minimum atomic E-state index is -0.803. The van der Waals surface area contributed by atoms with Gasteiger partial charge in [-0.05, 0) is 77.0 Å². The van der Waals surface area contributed by atoms with Gasteiger partial charge in [-0.2, -0.15) is 0 Å². The van der Waals surface area contributed by atoms with Crippen LogP contribution in [-0.2, 0) is 14.3 Å². The SMILES string of the molecule is CCCCC/C=C/C=C/C=C/C=C/CCCCCC(CC(=O)NC(CO)C(O)CCCCCCCCCCCCCCCCCCC)OC(=O)CCCCCCC/C=C/CCCCCCCCC. The number of carbonyl (C=O) groups is 2. The summed E-state index contributed by atoms with van der Waals surface area (Å²) in [6.07, 6.45) is 70.0. The van der Waals surface area contributed by atoms with Crippen LogP contribution < -0.4 is 5.32 Å². The molecule has 68 heavy (non-hydrogen) atoms. The molecule has 0 saturated heterocycles. The van der Waals surface area contributed by atoms with Crippen LogP contribution in [0.5, 0.6) is 0 Å². The molecule has 0 spiro atoms. The first-order chi connectivity index (χ1) is 33.5. The van der Waals surface area contributed by atoms with Gasteiger partial charge in [0.05, 0.1) is 25.2 Å². The van der Waals surface area contributed by atoms with Gasteiger partial charge >= 0.3 is 5.97 Å². The van der Waals surface area contributed by atoms with E-state index in [1.165, 1.54) is 173 Å². The molecule has 0 rings (SSSR count). The summed E-state index contributed by atoms with van der Waals surface area (Å²) in [7, 11) is 0. The van der Waals surface area contributed by atoms with E-state index < -0.39 is 18.2 Å². The highest BCUT2D eigenvalue weighted by molar-refractivity contribution is 5.77. The molecule has 6 nitrogen and oxygen atoms in total. The highest BCUT2D eigenvalue weighted by atomic mass is 16.5. The maximum atomic E-state index is 13.3. The summed E-state index contributed by atoms with van der Waals surface area (Å²) in [6.45, 7) is 6.46. The molecule has 6 heteroatoms. The van der Waals surface area contributed by atoms with Crippen molar-refractivity contribution in [2.75, 3.05) is 6.61 Å². The van der Waals surface area contributed by atoms with Crippen molar-refractivity contribution in [3.63, 3.8) is 0 Å². The molecule has 3 N–H and O–H groups in total. The predicted molar refractivity (Wildman–Crippen MR) is 296 cm³/mol. The van der Waals surface area contributed by atoms with Gasteiger partial charge in [-0.1, -0.05) is 268 Å². The fourth-order valence-corrected chi connectivity index (χ4v) is 8.91. The third kappa shape index (κ3) is 50.0. The van der Waals surface area contributed by atoms with E-state index >= 15 is 0 Å². The Kier molecular flexibility index (Phi) is 53.5. The van der Waals surface area contributed by atoms with Crippen LogP contribution in [0.2, 0.25) is 0 Å². The van der Waals surface area contributed by atoms with Gasteiger partial charge in [0.15, 0.2) is 0 Å². The first-order valence-electron chi connectivity index (χ1n) is 29.6. The van der Waals surface area contributed by atoms with Gasteiger partial charge in [0.2, 0.25) is 5.91 Å². The number of hydrogen-bond donors (Lipinski definition) is 3. The van der Waals surface area contributed by atoms with Crippen molar-refractivity contribution in [1.29, 1.82) is 0 Å². The molecule has 0 aliphatic heterocycles. The number of aliphatic hydroxyl groups excluding tert-OH is 2. The van der Waals surface area contributed by atoms with Gasteiger partial charge in [0.1, 0.15) is 6.10 Å². The summed E-state index contributed by atoms with van der Waals surface area (Å²) < 4.78 is 5.94. The van der Waals surface area contributed by atoms with E-state index in [0.29, 0.717) is 19.3 Å². The summed E-state index contributed by atoms with van der Waals surface area (Å²) in [5.41, 5.74) is 0. The van der Waals surface area contributed by atoms with E-state index in [2.05, 4.69) is 86.8 Å². The van der Waals surface area contributed by atoms with E-state index in [4.69, 9.17) is 4.74 Å². The molecule has 0 aromatic heterocycles. The standard InChI is InChI=1S/C62H113NO5/c1-4-7-10-13-16-19-22-25-28-31-33-36-39-42-45-48-51-54-60(65)59(57-64)63-61(66)56-58(53-50-47-44-41-38-35-32-29-26-23-20-17-14-11-8-5-2)68-62(67)55-52-49-46-43-40-37-34-30-27-24-21-18-15-12-9-6-3/h17,20,23,26,29-30,32,34-35,38,58-60,64-65H,4-16,18-19,21-22,24-25,27-28,31,33,36-37,39-57H2,1-3H3,(H,63,66)/b20-17+,26-23+,32-29+,34-30+,38-35+. The average molecular weight is 953 g/mol. The molecule has 3 unspecified atom stereocenters. The van der Waals surface area contributed by atoms with Crippen LogP contribution in [0.25, 0.3) is 0 Å². The fraction of sp³-hybridized carbons (Fsp3) is 0.806. The normalized spacial score (nSPS) is 13.5. The maximum Gasteiger partial charge on any atom is 0.306 e. The van der Waals surface area contributed by atoms with Crippen molar-refractivity contribution in [3.8, 4) is 0 Å². The second kappa shape index (κ2) is 55.5. The lowest BCUT2D eigenvalue weighted by Crippen LogP contribution is -2.46. The Hall–Kier alpha value is -2.44. The lowest BCUT2D eigenvalue weighted by molar-refractivity contribution is -0.151. The summed E-state index contributed by atoms with van der Waals surface area (Å²) in [4.78, 5) is 26.3. The molecule has 3 atom stereocenters. The molecular formula is C62H113NO5. The lowest BCUT2D eigenvalue weighted by Gasteiger charge is -2.24. The Morgan fingerprint density at radius 2 is 0.765 bits per heavy atom. The number of hydrogen-bond acceptors (Lipinski definition) is 5. The molecule has 0 aromatic rings. The number of allylic oxidation sites excluding steroid dienone is 10. The van der Waals surface area contributed by atoms with E-state index in [9.17, 15) is 19.8 Å². The Morgan fingerprint density at radius 1 is 0.426 bits per heavy atom. The van der Waals surface area contributed by atoms with Gasteiger partial charge in [-0.25, -0.2) is 0 Å². The molecular weight excluding hydrogens is 839 g/mol. The molecule has 396 valence electrons. The first kappa shape index (κ1) is 65.6. The quantitative estimate of drug-likeness (QED) is 0.0244. The van der Waals surface area contributed by atoms with Crippen molar-refractivity contribution in [2.24, 2.45) is 0 Å². The zero-order valence-electron chi connectivity index (χ0n) is 45.2. The Morgan fingerprint density at radius 3 is 1.22 bits per heavy atom. The lowest BCUT2D eigenvalue weighted by atomic mass is 10.0. The van der Waals surface area contributed by atoms with Gasteiger partial charge in [0.25, 0.3) is 0 Å². The third-order valence-electron chi connectivity index (χ3n) is 13.4. The minimum absolute atomic E-state index is 0.0483. The fourth-order valence-electron chi connectivity index (χ4n) is 8.91. The minimum Gasteiger partial charge on any atom is -0.462 e. The van der Waals surface area contributed by atoms with Crippen LogP contribution >= 0.6 is 0 Å². The van der Waals surface area contributed by atoms with Crippen LogP contribution in [0, 0.1) is 0 Å². The van der Waals surface area contributed by atoms with E-state index in [0.717, 1.165) is 77.0 Å². The van der Waals surface area contributed by atoms with Crippen LogP contribution in [0.15, 0.2) is 60.8 Å². The third-order valence-corrected chi connectivity index (χ3v) is 13.4. The highest BCUT2D eigenvalue weighted by Gasteiger charge is 2.24. The number of nitrogens with one attached hydrogen (secondary N) is 1. The van der Waals surface area contributed by atoms with Gasteiger partial charge < -0.3 is 20.3 Å². The van der Waals surface area contributed by atoms with Crippen molar-refractivity contribution >= 4 is 11.9 Å². The molecule has 0 aromatic carbocycles. The number of esters is 1. The Labute approximate surface area is 422 Å².